The second-order valence-electron chi connectivity index (χ2n) is 6.00. The second kappa shape index (κ2) is 6.14. The fourth-order valence-corrected chi connectivity index (χ4v) is 2.27. The Labute approximate surface area is 125 Å². The molecule has 1 atom stereocenters. The third-order valence-corrected chi connectivity index (χ3v) is 3.13. The number of alkyl carbamates (subject to hydrolysis) is 1. The topological polar surface area (TPSA) is 64.3 Å². The maximum Gasteiger partial charge on any atom is 0.408 e. The molecule has 0 aromatic heterocycles. The smallest absolute Gasteiger partial charge is 0.408 e. The molecule has 0 aliphatic heterocycles. The van der Waals surface area contributed by atoms with E-state index in [1.165, 1.54) is 0 Å². The maximum absolute atomic E-state index is 11.9. The van der Waals surface area contributed by atoms with Crippen LogP contribution in [0.2, 0.25) is 0 Å². The Kier molecular flexibility index (Phi) is 4.48. The van der Waals surface area contributed by atoms with Crippen LogP contribution in [0, 0.1) is 0 Å². The van der Waals surface area contributed by atoms with Crippen molar-refractivity contribution in [3.05, 3.63) is 48.0 Å². The lowest BCUT2D eigenvalue weighted by molar-refractivity contribution is 0.0505. The van der Waals surface area contributed by atoms with Gasteiger partial charge in [0.1, 0.15) is 5.60 Å². The van der Waals surface area contributed by atoms with Gasteiger partial charge in [0.05, 0.1) is 6.04 Å². The zero-order chi connectivity index (χ0) is 15.5. The molecule has 0 heterocycles. The number of fused-ring (bicyclic) bond motifs is 1. The summed E-state index contributed by atoms with van der Waals surface area (Å²) in [5.74, 6) is 0. The third kappa shape index (κ3) is 3.95. The Bertz CT molecular complexity index is 627. The Morgan fingerprint density at radius 1 is 1.19 bits per heavy atom. The highest BCUT2D eigenvalue weighted by Gasteiger charge is 2.20. The molecule has 0 saturated heterocycles. The van der Waals surface area contributed by atoms with Gasteiger partial charge in [-0.3, -0.25) is 0 Å². The van der Waals surface area contributed by atoms with Crippen molar-refractivity contribution in [3.8, 4) is 0 Å². The highest BCUT2D eigenvalue weighted by molar-refractivity contribution is 5.86. The quantitative estimate of drug-likeness (QED) is 0.909. The van der Waals surface area contributed by atoms with Crippen LogP contribution < -0.4 is 11.1 Å². The van der Waals surface area contributed by atoms with E-state index in [1.54, 1.807) is 0 Å². The van der Waals surface area contributed by atoms with Crippen LogP contribution in [0.25, 0.3) is 10.8 Å². The number of nitrogens with two attached hydrogens (primary N) is 1. The molecule has 2 aromatic rings. The molecule has 1 unspecified atom stereocenters. The van der Waals surface area contributed by atoms with Crippen molar-refractivity contribution in [2.24, 2.45) is 5.73 Å². The van der Waals surface area contributed by atoms with Gasteiger partial charge < -0.3 is 15.8 Å². The summed E-state index contributed by atoms with van der Waals surface area (Å²) < 4.78 is 5.30. The lowest BCUT2D eigenvalue weighted by Gasteiger charge is -2.24. The monoisotopic (exact) mass is 286 g/mol. The molecule has 112 valence electrons. The first-order chi connectivity index (χ1) is 9.90. The minimum absolute atomic E-state index is 0.272. The van der Waals surface area contributed by atoms with Gasteiger partial charge in [0, 0.05) is 6.54 Å². The van der Waals surface area contributed by atoms with Crippen molar-refractivity contribution in [1.82, 2.24) is 5.32 Å². The minimum atomic E-state index is -0.526. The van der Waals surface area contributed by atoms with Gasteiger partial charge >= 0.3 is 6.09 Å². The predicted octanol–water partition coefficient (Wildman–Crippen LogP) is 3.36. The first kappa shape index (κ1) is 15.3. The highest BCUT2D eigenvalue weighted by Crippen LogP contribution is 2.24. The van der Waals surface area contributed by atoms with Crippen LogP contribution in [-0.4, -0.2) is 18.2 Å². The Hall–Kier alpha value is -2.07. The van der Waals surface area contributed by atoms with Gasteiger partial charge in [-0.25, -0.2) is 4.79 Å². The molecule has 0 fully saturated rings. The van der Waals surface area contributed by atoms with E-state index in [4.69, 9.17) is 10.5 Å². The molecule has 0 radical (unpaired) electrons. The van der Waals surface area contributed by atoms with E-state index < -0.39 is 11.7 Å². The molecule has 0 saturated carbocycles. The molecule has 21 heavy (non-hydrogen) atoms. The molecule has 0 aliphatic rings. The van der Waals surface area contributed by atoms with E-state index in [9.17, 15) is 4.79 Å². The highest BCUT2D eigenvalue weighted by atomic mass is 16.6. The average molecular weight is 286 g/mol. The number of rotatable bonds is 3. The van der Waals surface area contributed by atoms with E-state index in [0.717, 1.165) is 16.3 Å². The first-order valence-electron chi connectivity index (χ1n) is 7.08. The zero-order valence-corrected chi connectivity index (χ0v) is 12.7. The number of carbonyl (C=O) groups excluding carboxylic acids is 1. The van der Waals surface area contributed by atoms with E-state index in [0.29, 0.717) is 6.54 Å². The summed E-state index contributed by atoms with van der Waals surface area (Å²) in [5, 5.41) is 5.06. The van der Waals surface area contributed by atoms with Crippen molar-refractivity contribution in [2.75, 3.05) is 6.54 Å². The van der Waals surface area contributed by atoms with Crippen LogP contribution >= 0.6 is 0 Å². The molecule has 0 bridgehead atoms. The number of ether oxygens (including phenoxy) is 1. The van der Waals surface area contributed by atoms with Gasteiger partial charge in [-0.2, -0.15) is 0 Å². The molecule has 3 N–H and O–H groups in total. The zero-order valence-electron chi connectivity index (χ0n) is 12.7. The van der Waals surface area contributed by atoms with Crippen LogP contribution in [-0.2, 0) is 4.74 Å². The third-order valence-electron chi connectivity index (χ3n) is 3.13. The molecule has 0 aliphatic carbocycles. The Morgan fingerprint density at radius 3 is 2.52 bits per heavy atom. The molecule has 0 spiro atoms. The van der Waals surface area contributed by atoms with Gasteiger partial charge in [0.15, 0.2) is 0 Å². The summed E-state index contributed by atoms with van der Waals surface area (Å²) >= 11 is 0. The maximum atomic E-state index is 11.9. The molecule has 2 aromatic carbocycles. The standard InChI is InChI=1S/C17H22N2O2/c1-17(2,3)21-16(20)19-15(11-18)14-10-6-8-12-7-4-5-9-13(12)14/h4-10,15H,11,18H2,1-3H3,(H,19,20). The molecular weight excluding hydrogens is 264 g/mol. The minimum Gasteiger partial charge on any atom is -0.444 e. The van der Waals surface area contributed by atoms with Gasteiger partial charge in [-0.1, -0.05) is 42.5 Å². The second-order valence-corrected chi connectivity index (χ2v) is 6.00. The van der Waals surface area contributed by atoms with Gasteiger partial charge in [0.25, 0.3) is 0 Å². The summed E-state index contributed by atoms with van der Waals surface area (Å²) in [5.41, 5.74) is 6.31. The fraction of sp³-hybridized carbons (Fsp3) is 0.353. The number of hydrogen-bond donors (Lipinski definition) is 2. The van der Waals surface area contributed by atoms with Crippen molar-refractivity contribution in [3.63, 3.8) is 0 Å². The van der Waals surface area contributed by atoms with Crippen molar-refractivity contribution in [2.45, 2.75) is 32.4 Å². The Balaban J connectivity index is 2.26. The molecule has 2 rings (SSSR count). The molecule has 1 amide bonds. The number of amides is 1. The number of benzene rings is 2. The number of carbonyl (C=O) groups is 1. The van der Waals surface area contributed by atoms with E-state index in [-0.39, 0.29) is 6.04 Å². The van der Waals surface area contributed by atoms with Crippen molar-refractivity contribution >= 4 is 16.9 Å². The number of hydrogen-bond acceptors (Lipinski definition) is 3. The Morgan fingerprint density at radius 2 is 1.86 bits per heavy atom. The summed E-state index contributed by atoms with van der Waals surface area (Å²) in [7, 11) is 0. The van der Waals surface area contributed by atoms with Crippen LogP contribution in [0.3, 0.4) is 0 Å². The summed E-state index contributed by atoms with van der Waals surface area (Å²) in [6.07, 6.45) is -0.453. The largest absolute Gasteiger partial charge is 0.444 e. The van der Waals surface area contributed by atoms with Crippen LogP contribution in [0.15, 0.2) is 42.5 Å². The SMILES string of the molecule is CC(C)(C)OC(=O)NC(CN)c1cccc2ccccc12. The lowest BCUT2D eigenvalue weighted by Crippen LogP contribution is -2.37. The van der Waals surface area contributed by atoms with E-state index in [2.05, 4.69) is 5.32 Å². The fourth-order valence-electron chi connectivity index (χ4n) is 2.27. The molecule has 4 heteroatoms. The lowest BCUT2D eigenvalue weighted by atomic mass is 9.99. The summed E-state index contributed by atoms with van der Waals surface area (Å²) in [6.45, 7) is 5.82. The van der Waals surface area contributed by atoms with Crippen molar-refractivity contribution in [1.29, 1.82) is 0 Å². The molecular formula is C17H22N2O2. The van der Waals surface area contributed by atoms with Gasteiger partial charge in [-0.05, 0) is 37.1 Å². The van der Waals surface area contributed by atoms with Gasteiger partial charge in [0.2, 0.25) is 0 Å². The van der Waals surface area contributed by atoms with E-state index >= 15 is 0 Å². The van der Waals surface area contributed by atoms with Crippen molar-refractivity contribution < 1.29 is 9.53 Å². The van der Waals surface area contributed by atoms with Crippen LogP contribution in [0.5, 0.6) is 0 Å². The van der Waals surface area contributed by atoms with Crippen LogP contribution in [0.4, 0.5) is 4.79 Å². The molecule has 4 nitrogen and oxygen atoms in total. The van der Waals surface area contributed by atoms with Crippen LogP contribution in [0.1, 0.15) is 32.4 Å². The first-order valence-corrected chi connectivity index (χ1v) is 7.08. The van der Waals surface area contributed by atoms with Gasteiger partial charge in [-0.15, -0.1) is 0 Å². The summed E-state index contributed by atoms with van der Waals surface area (Å²) in [4.78, 5) is 11.9. The summed E-state index contributed by atoms with van der Waals surface area (Å²) in [6, 6.07) is 13.8. The normalized spacial score (nSPS) is 13.0. The van der Waals surface area contributed by atoms with E-state index in [1.807, 2.05) is 63.2 Å². The number of nitrogens with one attached hydrogen (secondary N) is 1. The predicted molar refractivity (Wildman–Crippen MR) is 85.1 cm³/mol. The average Bonchev–Trinajstić information content (AvgIpc) is 2.42.